The standard InChI is InChI=1S/C20H26N2O3S/c1-16-9-7-12-19(15-16)22(26(3,24)25)14-8-13-20(23)21-17(2)18-10-5-4-6-11-18/h4-7,9-12,15,17H,8,13-14H2,1-3H3,(H,21,23)/t17-/m0/s1. The molecule has 2 aromatic rings. The van der Waals surface area contributed by atoms with Crippen LogP contribution in [0, 0.1) is 6.92 Å². The van der Waals surface area contributed by atoms with Crippen molar-refractivity contribution in [3.05, 3.63) is 65.7 Å². The van der Waals surface area contributed by atoms with Crippen LogP contribution in [0.2, 0.25) is 0 Å². The largest absolute Gasteiger partial charge is 0.350 e. The van der Waals surface area contributed by atoms with Crippen LogP contribution in [-0.4, -0.2) is 27.1 Å². The first-order valence-corrected chi connectivity index (χ1v) is 10.5. The van der Waals surface area contributed by atoms with Crippen LogP contribution in [0.4, 0.5) is 5.69 Å². The topological polar surface area (TPSA) is 66.5 Å². The number of sulfonamides is 1. The summed E-state index contributed by atoms with van der Waals surface area (Å²) in [5.74, 6) is -0.0842. The molecule has 0 spiro atoms. The number of aryl methyl sites for hydroxylation is 1. The van der Waals surface area contributed by atoms with Gasteiger partial charge in [-0.2, -0.15) is 0 Å². The second kappa shape index (κ2) is 8.85. The summed E-state index contributed by atoms with van der Waals surface area (Å²) in [5, 5.41) is 2.95. The molecule has 0 aromatic heterocycles. The molecule has 140 valence electrons. The highest BCUT2D eigenvalue weighted by molar-refractivity contribution is 7.92. The number of rotatable bonds is 8. The van der Waals surface area contributed by atoms with E-state index < -0.39 is 10.0 Å². The van der Waals surface area contributed by atoms with Crippen molar-refractivity contribution in [2.75, 3.05) is 17.1 Å². The van der Waals surface area contributed by atoms with Crippen molar-refractivity contribution >= 4 is 21.6 Å². The van der Waals surface area contributed by atoms with Crippen LogP contribution >= 0.6 is 0 Å². The predicted molar refractivity (Wildman–Crippen MR) is 106 cm³/mol. The van der Waals surface area contributed by atoms with Gasteiger partial charge in [0, 0.05) is 13.0 Å². The number of anilines is 1. The maximum absolute atomic E-state index is 12.2. The van der Waals surface area contributed by atoms with E-state index >= 15 is 0 Å². The lowest BCUT2D eigenvalue weighted by atomic mass is 10.1. The molecule has 0 saturated carbocycles. The monoisotopic (exact) mass is 374 g/mol. The summed E-state index contributed by atoms with van der Waals surface area (Å²) in [6.45, 7) is 4.13. The van der Waals surface area contributed by atoms with E-state index in [0.717, 1.165) is 11.1 Å². The molecule has 2 rings (SSSR count). The molecule has 5 nitrogen and oxygen atoms in total. The van der Waals surface area contributed by atoms with Crippen molar-refractivity contribution in [1.82, 2.24) is 5.32 Å². The van der Waals surface area contributed by atoms with Crippen LogP contribution in [0.1, 0.15) is 36.9 Å². The summed E-state index contributed by atoms with van der Waals surface area (Å²) in [6.07, 6.45) is 1.91. The SMILES string of the molecule is Cc1cccc(N(CCCC(=O)N[C@@H](C)c2ccccc2)S(C)(=O)=O)c1. The van der Waals surface area contributed by atoms with Gasteiger partial charge in [0.05, 0.1) is 18.0 Å². The Balaban J connectivity index is 1.92. The molecular formula is C20H26N2O3S. The third-order valence-electron chi connectivity index (χ3n) is 4.13. The fraction of sp³-hybridized carbons (Fsp3) is 0.350. The molecule has 6 heteroatoms. The molecule has 0 radical (unpaired) electrons. The number of benzene rings is 2. The van der Waals surface area contributed by atoms with Crippen LogP contribution in [-0.2, 0) is 14.8 Å². The van der Waals surface area contributed by atoms with Crippen molar-refractivity contribution < 1.29 is 13.2 Å². The van der Waals surface area contributed by atoms with E-state index in [9.17, 15) is 13.2 Å². The lowest BCUT2D eigenvalue weighted by Crippen LogP contribution is -2.32. The number of carbonyl (C=O) groups excluding carboxylic acids is 1. The van der Waals surface area contributed by atoms with Crippen molar-refractivity contribution in [1.29, 1.82) is 0 Å². The fourth-order valence-electron chi connectivity index (χ4n) is 2.79. The Morgan fingerprint density at radius 3 is 2.42 bits per heavy atom. The Morgan fingerprint density at radius 1 is 1.12 bits per heavy atom. The summed E-state index contributed by atoms with van der Waals surface area (Å²) < 4.78 is 25.6. The molecule has 0 fully saturated rings. The third-order valence-corrected chi connectivity index (χ3v) is 5.33. The molecular weight excluding hydrogens is 348 g/mol. The summed E-state index contributed by atoms with van der Waals surface area (Å²) in [5.41, 5.74) is 2.66. The number of hydrogen-bond donors (Lipinski definition) is 1. The van der Waals surface area contributed by atoms with Gasteiger partial charge in [0.2, 0.25) is 15.9 Å². The highest BCUT2D eigenvalue weighted by Gasteiger charge is 2.18. The second-order valence-corrected chi connectivity index (χ2v) is 8.38. The first-order valence-electron chi connectivity index (χ1n) is 8.66. The molecule has 1 amide bonds. The minimum absolute atomic E-state index is 0.0773. The van der Waals surface area contributed by atoms with Crippen LogP contribution < -0.4 is 9.62 Å². The zero-order chi connectivity index (χ0) is 19.2. The van der Waals surface area contributed by atoms with Gasteiger partial charge in [-0.25, -0.2) is 8.42 Å². The first kappa shape index (κ1) is 20.0. The zero-order valence-corrected chi connectivity index (χ0v) is 16.3. The third kappa shape index (κ3) is 5.88. The normalized spacial score (nSPS) is 12.4. The van der Waals surface area contributed by atoms with Crippen LogP contribution in [0.5, 0.6) is 0 Å². The Morgan fingerprint density at radius 2 is 1.81 bits per heavy atom. The van der Waals surface area contributed by atoms with E-state index in [0.29, 0.717) is 12.1 Å². The van der Waals surface area contributed by atoms with E-state index in [2.05, 4.69) is 5.32 Å². The lowest BCUT2D eigenvalue weighted by Gasteiger charge is -2.23. The highest BCUT2D eigenvalue weighted by atomic mass is 32.2. The maximum Gasteiger partial charge on any atom is 0.232 e. The van der Waals surface area contributed by atoms with E-state index in [4.69, 9.17) is 0 Å². The van der Waals surface area contributed by atoms with Crippen LogP contribution in [0.3, 0.4) is 0 Å². The zero-order valence-electron chi connectivity index (χ0n) is 15.5. The van der Waals surface area contributed by atoms with Crippen molar-refractivity contribution in [3.63, 3.8) is 0 Å². The molecule has 0 aliphatic rings. The van der Waals surface area contributed by atoms with Gasteiger partial charge in [-0.1, -0.05) is 42.5 Å². The van der Waals surface area contributed by atoms with E-state index in [-0.39, 0.29) is 24.9 Å². The number of carbonyl (C=O) groups is 1. The maximum atomic E-state index is 12.2. The molecule has 26 heavy (non-hydrogen) atoms. The second-order valence-electron chi connectivity index (χ2n) is 6.48. The van der Waals surface area contributed by atoms with Gasteiger partial charge in [0.25, 0.3) is 0 Å². The van der Waals surface area contributed by atoms with Gasteiger partial charge in [-0.3, -0.25) is 9.10 Å². The molecule has 0 unspecified atom stereocenters. The average molecular weight is 375 g/mol. The van der Waals surface area contributed by atoms with E-state index in [1.165, 1.54) is 10.6 Å². The highest BCUT2D eigenvalue weighted by Crippen LogP contribution is 2.19. The molecule has 0 aliphatic carbocycles. The number of nitrogens with one attached hydrogen (secondary N) is 1. The molecule has 0 saturated heterocycles. The molecule has 0 bridgehead atoms. The van der Waals surface area contributed by atoms with Gasteiger partial charge in [-0.05, 0) is 43.5 Å². The van der Waals surface area contributed by atoms with Crippen LogP contribution in [0.25, 0.3) is 0 Å². The van der Waals surface area contributed by atoms with Crippen molar-refractivity contribution in [2.45, 2.75) is 32.7 Å². The average Bonchev–Trinajstić information content (AvgIpc) is 2.58. The molecule has 1 atom stereocenters. The fourth-order valence-corrected chi connectivity index (χ4v) is 3.75. The van der Waals surface area contributed by atoms with Gasteiger partial charge >= 0.3 is 0 Å². The summed E-state index contributed by atoms with van der Waals surface area (Å²) in [6, 6.07) is 17.0. The van der Waals surface area contributed by atoms with E-state index in [1.54, 1.807) is 6.07 Å². The van der Waals surface area contributed by atoms with Crippen molar-refractivity contribution in [2.24, 2.45) is 0 Å². The molecule has 1 N–H and O–H groups in total. The first-order chi connectivity index (χ1) is 12.3. The lowest BCUT2D eigenvalue weighted by molar-refractivity contribution is -0.121. The molecule has 0 heterocycles. The minimum Gasteiger partial charge on any atom is -0.350 e. The molecule has 2 aromatic carbocycles. The summed E-state index contributed by atoms with van der Waals surface area (Å²) >= 11 is 0. The Bertz CT molecular complexity index is 835. The van der Waals surface area contributed by atoms with Gasteiger partial charge in [0.1, 0.15) is 0 Å². The van der Waals surface area contributed by atoms with Crippen molar-refractivity contribution in [3.8, 4) is 0 Å². The number of hydrogen-bond acceptors (Lipinski definition) is 3. The number of nitrogens with zero attached hydrogens (tertiary/aromatic N) is 1. The summed E-state index contributed by atoms with van der Waals surface area (Å²) in [4.78, 5) is 12.2. The Labute approximate surface area is 156 Å². The van der Waals surface area contributed by atoms with E-state index in [1.807, 2.05) is 62.4 Å². The quantitative estimate of drug-likeness (QED) is 0.770. The van der Waals surface area contributed by atoms with Crippen LogP contribution in [0.15, 0.2) is 54.6 Å². The minimum atomic E-state index is -3.40. The van der Waals surface area contributed by atoms with Gasteiger partial charge < -0.3 is 5.32 Å². The number of amides is 1. The van der Waals surface area contributed by atoms with Gasteiger partial charge in [-0.15, -0.1) is 0 Å². The van der Waals surface area contributed by atoms with Gasteiger partial charge in [0.15, 0.2) is 0 Å². The Kier molecular flexibility index (Phi) is 6.80. The molecule has 0 aliphatic heterocycles. The predicted octanol–water partition coefficient (Wildman–Crippen LogP) is 3.42. The Hall–Kier alpha value is -2.34. The smallest absolute Gasteiger partial charge is 0.232 e. The summed E-state index contributed by atoms with van der Waals surface area (Å²) in [7, 11) is -3.40.